The third-order valence-corrected chi connectivity index (χ3v) is 6.45. The molecule has 2 N–H and O–H groups in total. The quantitative estimate of drug-likeness (QED) is 0.762. The number of hydrogen-bond donors (Lipinski definition) is 2. The molecule has 1 heterocycles. The van der Waals surface area contributed by atoms with E-state index >= 15 is 0 Å². The highest BCUT2D eigenvalue weighted by Gasteiger charge is 2.53. The first-order valence-corrected chi connectivity index (χ1v) is 10.6. The Morgan fingerprint density at radius 3 is 2.50 bits per heavy atom. The number of aliphatic hydroxyl groups is 1. The van der Waals surface area contributed by atoms with Crippen LogP contribution in [0.15, 0.2) is 30.3 Å². The largest absolute Gasteiger partial charge is 0.394 e. The van der Waals surface area contributed by atoms with E-state index in [1.54, 1.807) is 0 Å². The average molecular weight is 383 g/mol. The second-order valence-corrected chi connectivity index (χ2v) is 8.26. The number of hydrogen-bond acceptors (Lipinski definition) is 3. The molecule has 0 radical (unpaired) electrons. The van der Waals surface area contributed by atoms with Crippen LogP contribution in [-0.4, -0.2) is 47.1 Å². The summed E-state index contributed by atoms with van der Waals surface area (Å²) in [6.45, 7) is 2.22. The monoisotopic (exact) mass is 382 g/mol. The molecule has 0 unspecified atom stereocenters. The van der Waals surface area contributed by atoms with E-state index in [9.17, 15) is 14.7 Å². The lowest BCUT2D eigenvalue weighted by atomic mass is 9.74. The predicted octanol–water partition coefficient (Wildman–Crippen LogP) is 2.85. The van der Waals surface area contributed by atoms with Crippen molar-refractivity contribution in [3.63, 3.8) is 0 Å². The highest BCUT2D eigenvalue weighted by molar-refractivity contribution is 5.83. The molecule has 0 bridgehead atoms. The van der Waals surface area contributed by atoms with Crippen molar-refractivity contribution >= 4 is 17.4 Å². The number of carbonyl (C=O) groups is 2. The number of nitrogens with one attached hydrogen (secondary N) is 1. The zero-order valence-electron chi connectivity index (χ0n) is 16.6. The summed E-state index contributed by atoms with van der Waals surface area (Å²) in [6, 6.07) is 8.30. The lowest BCUT2D eigenvalue weighted by molar-refractivity contribution is -0.152. The Morgan fingerprint density at radius 2 is 1.93 bits per heavy atom. The van der Waals surface area contributed by atoms with Gasteiger partial charge in [-0.05, 0) is 48.8 Å². The molecule has 5 nitrogen and oxygen atoms in total. The van der Waals surface area contributed by atoms with Crippen LogP contribution in [-0.2, 0) is 9.59 Å². The standard InChI is InChI=1S/C23H30N2O3/c1-2-21(27)24-13-19-22(20(14-26)25(19)23(28)18-11-12-18)17-9-7-16(8-10-17)15-5-3-4-6-15/h5,7-10,18-20,22,26H,2-4,6,11-14H2,1H3,(H,24,27)/t19-,20+,22-/m0/s1. The number of amides is 2. The zero-order chi connectivity index (χ0) is 19.7. The highest BCUT2D eigenvalue weighted by Crippen LogP contribution is 2.44. The third-order valence-electron chi connectivity index (χ3n) is 6.45. The molecule has 0 spiro atoms. The zero-order valence-corrected chi connectivity index (χ0v) is 16.6. The molecular weight excluding hydrogens is 352 g/mol. The molecule has 1 saturated carbocycles. The van der Waals surface area contributed by atoms with Gasteiger partial charge in [0.1, 0.15) is 0 Å². The molecule has 2 amide bonds. The first kappa shape index (κ1) is 19.2. The molecule has 3 aliphatic rings. The van der Waals surface area contributed by atoms with Crippen LogP contribution in [0, 0.1) is 5.92 Å². The predicted molar refractivity (Wildman–Crippen MR) is 109 cm³/mol. The Kier molecular flexibility index (Phi) is 5.54. The molecule has 1 saturated heterocycles. The number of nitrogens with zero attached hydrogens (tertiary/aromatic N) is 1. The maximum absolute atomic E-state index is 12.8. The van der Waals surface area contributed by atoms with Gasteiger partial charge in [-0.2, -0.15) is 0 Å². The number of aliphatic hydroxyl groups excluding tert-OH is 1. The summed E-state index contributed by atoms with van der Waals surface area (Å²) in [7, 11) is 0. The van der Waals surface area contributed by atoms with Crippen LogP contribution in [0.2, 0.25) is 0 Å². The van der Waals surface area contributed by atoms with E-state index in [1.165, 1.54) is 17.6 Å². The third kappa shape index (κ3) is 3.60. The molecule has 2 fully saturated rings. The van der Waals surface area contributed by atoms with Crippen molar-refractivity contribution < 1.29 is 14.7 Å². The molecule has 4 rings (SSSR count). The van der Waals surface area contributed by atoms with Gasteiger partial charge in [-0.25, -0.2) is 0 Å². The first-order valence-electron chi connectivity index (χ1n) is 10.6. The Bertz CT molecular complexity index is 767. The van der Waals surface area contributed by atoms with Crippen LogP contribution in [0.25, 0.3) is 5.57 Å². The second kappa shape index (κ2) is 8.08. The average Bonchev–Trinajstić information content (AvgIpc) is 3.42. The van der Waals surface area contributed by atoms with E-state index in [-0.39, 0.29) is 42.3 Å². The Morgan fingerprint density at radius 1 is 1.18 bits per heavy atom. The number of rotatable bonds is 7. The van der Waals surface area contributed by atoms with Crippen molar-refractivity contribution in [1.82, 2.24) is 10.2 Å². The number of allylic oxidation sites excluding steroid dienone is 2. The van der Waals surface area contributed by atoms with E-state index < -0.39 is 0 Å². The molecular formula is C23H30N2O3. The van der Waals surface area contributed by atoms with Crippen molar-refractivity contribution in [2.75, 3.05) is 13.2 Å². The summed E-state index contributed by atoms with van der Waals surface area (Å²) < 4.78 is 0. The molecule has 1 aromatic carbocycles. The Hall–Kier alpha value is -2.14. The van der Waals surface area contributed by atoms with E-state index in [0.717, 1.165) is 31.2 Å². The van der Waals surface area contributed by atoms with Gasteiger partial charge < -0.3 is 15.3 Å². The minimum Gasteiger partial charge on any atom is -0.394 e. The van der Waals surface area contributed by atoms with Gasteiger partial charge in [-0.1, -0.05) is 37.3 Å². The highest BCUT2D eigenvalue weighted by atomic mass is 16.3. The molecule has 150 valence electrons. The molecule has 28 heavy (non-hydrogen) atoms. The van der Waals surface area contributed by atoms with E-state index in [1.807, 2.05) is 11.8 Å². The Labute approximate surface area is 166 Å². The van der Waals surface area contributed by atoms with Gasteiger partial charge in [0, 0.05) is 24.8 Å². The van der Waals surface area contributed by atoms with Crippen molar-refractivity contribution in [3.05, 3.63) is 41.5 Å². The summed E-state index contributed by atoms with van der Waals surface area (Å²) in [5.41, 5.74) is 3.82. The van der Waals surface area contributed by atoms with Crippen LogP contribution in [0.4, 0.5) is 0 Å². The van der Waals surface area contributed by atoms with Gasteiger partial charge in [0.05, 0.1) is 18.7 Å². The van der Waals surface area contributed by atoms with Gasteiger partial charge >= 0.3 is 0 Å². The van der Waals surface area contributed by atoms with Crippen LogP contribution in [0.3, 0.4) is 0 Å². The van der Waals surface area contributed by atoms with Crippen molar-refractivity contribution in [1.29, 1.82) is 0 Å². The SMILES string of the molecule is CCC(=O)NC[C@H]1[C@H](c2ccc(C3=CCCC3)cc2)[C@@H](CO)N1C(=O)C1CC1. The maximum atomic E-state index is 12.8. The number of carbonyl (C=O) groups excluding carboxylic acids is 2. The summed E-state index contributed by atoms with van der Waals surface area (Å²) in [5.74, 6) is 0.292. The van der Waals surface area contributed by atoms with E-state index in [0.29, 0.717) is 13.0 Å². The fourth-order valence-corrected chi connectivity index (χ4v) is 4.68. The molecule has 0 aromatic heterocycles. The topological polar surface area (TPSA) is 69.6 Å². The fourth-order valence-electron chi connectivity index (χ4n) is 4.68. The van der Waals surface area contributed by atoms with Crippen LogP contribution in [0.1, 0.15) is 62.5 Å². The minimum absolute atomic E-state index is 0.00598. The first-order chi connectivity index (χ1) is 13.6. The van der Waals surface area contributed by atoms with Crippen molar-refractivity contribution in [2.45, 2.75) is 63.5 Å². The number of likely N-dealkylation sites (tertiary alicyclic amines) is 1. The maximum Gasteiger partial charge on any atom is 0.226 e. The van der Waals surface area contributed by atoms with Gasteiger partial charge in [0.2, 0.25) is 11.8 Å². The van der Waals surface area contributed by atoms with Gasteiger partial charge in [-0.3, -0.25) is 9.59 Å². The van der Waals surface area contributed by atoms with Crippen LogP contribution >= 0.6 is 0 Å². The molecule has 1 aliphatic heterocycles. The van der Waals surface area contributed by atoms with Crippen LogP contribution < -0.4 is 5.32 Å². The smallest absolute Gasteiger partial charge is 0.226 e. The normalized spacial score (nSPS) is 26.6. The molecule has 2 aliphatic carbocycles. The van der Waals surface area contributed by atoms with Gasteiger partial charge in [-0.15, -0.1) is 0 Å². The Balaban J connectivity index is 1.55. The van der Waals surface area contributed by atoms with E-state index in [2.05, 4.69) is 35.7 Å². The summed E-state index contributed by atoms with van der Waals surface area (Å²) in [5, 5.41) is 13.0. The lowest BCUT2D eigenvalue weighted by Crippen LogP contribution is -2.68. The van der Waals surface area contributed by atoms with Crippen molar-refractivity contribution in [2.24, 2.45) is 5.92 Å². The van der Waals surface area contributed by atoms with Crippen LogP contribution in [0.5, 0.6) is 0 Å². The van der Waals surface area contributed by atoms with E-state index in [4.69, 9.17) is 0 Å². The number of benzene rings is 1. The summed E-state index contributed by atoms with van der Waals surface area (Å²) in [6.07, 6.45) is 8.14. The summed E-state index contributed by atoms with van der Waals surface area (Å²) >= 11 is 0. The molecule has 3 atom stereocenters. The van der Waals surface area contributed by atoms with Gasteiger partial charge in [0.25, 0.3) is 0 Å². The fraction of sp³-hybridized carbons (Fsp3) is 0.565. The minimum atomic E-state index is -0.201. The van der Waals surface area contributed by atoms with Gasteiger partial charge in [0.15, 0.2) is 0 Å². The summed E-state index contributed by atoms with van der Waals surface area (Å²) in [4.78, 5) is 26.4. The molecule has 1 aromatic rings. The second-order valence-electron chi connectivity index (χ2n) is 8.26. The van der Waals surface area contributed by atoms with Crippen molar-refractivity contribution in [3.8, 4) is 0 Å². The lowest BCUT2D eigenvalue weighted by Gasteiger charge is -2.55. The molecule has 5 heteroatoms.